The fourth-order valence-electron chi connectivity index (χ4n) is 3.04. The van der Waals surface area contributed by atoms with Crippen LogP contribution in [0.3, 0.4) is 0 Å². The van der Waals surface area contributed by atoms with E-state index >= 15 is 0 Å². The summed E-state index contributed by atoms with van der Waals surface area (Å²) in [5.41, 5.74) is 2.57. The van der Waals surface area contributed by atoms with Gasteiger partial charge in [-0.3, -0.25) is 0 Å². The average molecular weight is 444 g/mol. The van der Waals surface area contributed by atoms with Crippen molar-refractivity contribution in [3.8, 4) is 17.6 Å². The van der Waals surface area contributed by atoms with Gasteiger partial charge in [0.05, 0.1) is 18.1 Å². The van der Waals surface area contributed by atoms with Gasteiger partial charge in [0.15, 0.2) is 0 Å². The van der Waals surface area contributed by atoms with Gasteiger partial charge in [-0.2, -0.15) is 0 Å². The number of fused-ring (bicyclic) bond motifs is 1. The lowest BCUT2D eigenvalue weighted by Gasteiger charge is -2.20. The van der Waals surface area contributed by atoms with Crippen molar-refractivity contribution in [3.63, 3.8) is 0 Å². The van der Waals surface area contributed by atoms with E-state index in [2.05, 4.69) is 25.0 Å². The van der Waals surface area contributed by atoms with E-state index in [-0.39, 0.29) is 12.5 Å². The maximum absolute atomic E-state index is 12.7. The van der Waals surface area contributed by atoms with E-state index in [4.69, 9.17) is 14.2 Å². The molecule has 6 heteroatoms. The number of hydrogen-bond acceptors (Lipinski definition) is 6. The van der Waals surface area contributed by atoms with E-state index in [0.29, 0.717) is 46.6 Å². The van der Waals surface area contributed by atoms with Gasteiger partial charge in [0, 0.05) is 11.1 Å². The van der Waals surface area contributed by atoms with Gasteiger partial charge in [-0.05, 0) is 68.2 Å². The fourth-order valence-corrected chi connectivity index (χ4v) is 3.04. The van der Waals surface area contributed by atoms with Crippen LogP contribution in [0.1, 0.15) is 32.3 Å². The molecule has 0 fully saturated rings. The molecular formula is C27H24O6. The largest absolute Gasteiger partial charge is 0.462 e. The summed E-state index contributed by atoms with van der Waals surface area (Å²) in [6.07, 6.45) is 6.57. The highest BCUT2D eigenvalue weighted by molar-refractivity contribution is 6.17. The summed E-state index contributed by atoms with van der Waals surface area (Å²) in [6.45, 7) is 10.5. The highest BCUT2D eigenvalue weighted by atomic mass is 16.5. The number of hydrogen-bond donors (Lipinski definition) is 0. The van der Waals surface area contributed by atoms with Crippen LogP contribution in [0.2, 0.25) is 0 Å². The van der Waals surface area contributed by atoms with Crippen LogP contribution < -0.4 is 4.74 Å². The molecule has 0 aromatic heterocycles. The molecule has 3 rings (SSSR count). The van der Waals surface area contributed by atoms with Crippen LogP contribution in [-0.2, 0) is 23.9 Å². The molecule has 1 atom stereocenters. The molecule has 1 aliphatic carbocycles. The lowest BCUT2D eigenvalue weighted by molar-refractivity contribution is -0.139. The Hall–Kier alpha value is -4.11. The number of allylic oxidation sites excluding steroid dienone is 4. The molecule has 1 aromatic rings. The van der Waals surface area contributed by atoms with E-state index in [1.54, 1.807) is 56.3 Å². The molecule has 1 unspecified atom stereocenters. The Morgan fingerprint density at radius 3 is 2.45 bits per heavy atom. The van der Waals surface area contributed by atoms with Crippen molar-refractivity contribution in [2.24, 2.45) is 5.92 Å². The second-order valence-corrected chi connectivity index (χ2v) is 7.72. The van der Waals surface area contributed by atoms with Gasteiger partial charge in [-0.25, -0.2) is 14.4 Å². The Labute approximate surface area is 192 Å². The lowest BCUT2D eigenvalue weighted by Crippen LogP contribution is -2.18. The minimum Gasteiger partial charge on any atom is -0.462 e. The van der Waals surface area contributed by atoms with Crippen molar-refractivity contribution in [3.05, 3.63) is 83.7 Å². The highest BCUT2D eigenvalue weighted by Crippen LogP contribution is 2.32. The number of carbonyl (C=O) groups is 3. The predicted octanol–water partition coefficient (Wildman–Crippen LogP) is 4.45. The van der Waals surface area contributed by atoms with Gasteiger partial charge in [0.2, 0.25) is 0 Å². The van der Waals surface area contributed by atoms with Crippen LogP contribution in [0.5, 0.6) is 5.75 Å². The van der Waals surface area contributed by atoms with Crippen molar-refractivity contribution in [1.29, 1.82) is 0 Å². The molecule has 33 heavy (non-hydrogen) atoms. The van der Waals surface area contributed by atoms with Gasteiger partial charge < -0.3 is 14.2 Å². The SMILES string of the molecule is C=C(C)C(=O)OCCCC1=CC#CC2C=C(c3ccc(OC(=O)C(=C)C)cc3)C(=O)OC2=C1. The first-order valence-corrected chi connectivity index (χ1v) is 10.4. The molecule has 1 aliphatic heterocycles. The first kappa shape index (κ1) is 23.6. The third-order valence-electron chi connectivity index (χ3n) is 4.81. The Kier molecular flexibility index (Phi) is 7.47. The minimum atomic E-state index is -0.514. The van der Waals surface area contributed by atoms with E-state index in [1.807, 2.05) is 0 Å². The normalized spacial score (nSPS) is 16.4. The second kappa shape index (κ2) is 10.5. The number of esters is 3. The molecule has 1 heterocycles. The second-order valence-electron chi connectivity index (χ2n) is 7.72. The standard InChI is InChI=1S/C27H24O6/c1-17(2)25(28)31-14-6-8-19-7-5-9-21-16-23(27(30)33-24(21)15-19)20-10-12-22(13-11-20)32-26(29)18(3)4/h7,10-13,15-16,21H,1,3,6,8,14H2,2,4H3. The smallest absolute Gasteiger partial charge is 0.343 e. The van der Waals surface area contributed by atoms with Crippen molar-refractivity contribution in [2.75, 3.05) is 6.61 Å². The minimum absolute atomic E-state index is 0.268. The van der Waals surface area contributed by atoms with E-state index in [0.717, 1.165) is 5.57 Å². The molecule has 0 bridgehead atoms. The van der Waals surface area contributed by atoms with Crippen molar-refractivity contribution in [2.45, 2.75) is 26.7 Å². The molecule has 2 aliphatic rings. The summed E-state index contributed by atoms with van der Waals surface area (Å²) in [4.78, 5) is 35.8. The summed E-state index contributed by atoms with van der Waals surface area (Å²) in [6, 6.07) is 6.58. The van der Waals surface area contributed by atoms with Gasteiger partial charge >= 0.3 is 17.9 Å². The molecule has 6 nitrogen and oxygen atoms in total. The summed E-state index contributed by atoms with van der Waals surface area (Å²) >= 11 is 0. The van der Waals surface area contributed by atoms with Crippen LogP contribution in [0.25, 0.3) is 5.57 Å². The third-order valence-corrected chi connectivity index (χ3v) is 4.81. The molecule has 1 aromatic carbocycles. The van der Waals surface area contributed by atoms with Crippen LogP contribution in [0, 0.1) is 17.8 Å². The zero-order valence-corrected chi connectivity index (χ0v) is 18.6. The third kappa shape index (κ3) is 6.20. The van der Waals surface area contributed by atoms with E-state index in [9.17, 15) is 14.4 Å². The maximum atomic E-state index is 12.7. The van der Waals surface area contributed by atoms with Crippen LogP contribution >= 0.6 is 0 Å². The number of ether oxygens (including phenoxy) is 3. The Morgan fingerprint density at radius 2 is 1.79 bits per heavy atom. The molecular weight excluding hydrogens is 420 g/mol. The van der Waals surface area contributed by atoms with Crippen molar-refractivity contribution >= 4 is 23.5 Å². The maximum Gasteiger partial charge on any atom is 0.343 e. The zero-order chi connectivity index (χ0) is 24.0. The summed E-state index contributed by atoms with van der Waals surface area (Å²) in [5, 5.41) is 0. The van der Waals surface area contributed by atoms with Gasteiger partial charge in [0.25, 0.3) is 0 Å². The number of rotatable bonds is 8. The lowest BCUT2D eigenvalue weighted by atomic mass is 9.95. The summed E-state index contributed by atoms with van der Waals surface area (Å²) in [7, 11) is 0. The van der Waals surface area contributed by atoms with E-state index < -0.39 is 17.9 Å². The molecule has 0 saturated carbocycles. The fraction of sp³-hybridized carbons (Fsp3) is 0.222. The van der Waals surface area contributed by atoms with Gasteiger partial charge in [-0.1, -0.05) is 37.1 Å². The number of carbonyl (C=O) groups excluding carboxylic acids is 3. The van der Waals surface area contributed by atoms with E-state index in [1.165, 1.54) is 0 Å². The Balaban J connectivity index is 1.67. The topological polar surface area (TPSA) is 78.9 Å². The Bertz CT molecular complexity index is 1170. The van der Waals surface area contributed by atoms with Crippen molar-refractivity contribution in [1.82, 2.24) is 0 Å². The molecule has 0 radical (unpaired) electrons. The highest BCUT2D eigenvalue weighted by Gasteiger charge is 2.27. The molecule has 0 saturated heterocycles. The summed E-state index contributed by atoms with van der Waals surface area (Å²) < 4.78 is 15.9. The molecule has 0 N–H and O–H groups in total. The van der Waals surface area contributed by atoms with Crippen LogP contribution in [0.4, 0.5) is 0 Å². The monoisotopic (exact) mass is 444 g/mol. The number of benzene rings is 1. The zero-order valence-electron chi connectivity index (χ0n) is 18.6. The van der Waals surface area contributed by atoms with Crippen LogP contribution in [-0.4, -0.2) is 24.5 Å². The van der Waals surface area contributed by atoms with Gasteiger partial charge in [-0.15, -0.1) is 0 Å². The van der Waals surface area contributed by atoms with Crippen molar-refractivity contribution < 1.29 is 28.6 Å². The predicted molar refractivity (Wildman–Crippen MR) is 123 cm³/mol. The van der Waals surface area contributed by atoms with Crippen LogP contribution in [0.15, 0.2) is 78.1 Å². The first-order chi connectivity index (χ1) is 15.7. The average Bonchev–Trinajstić information content (AvgIpc) is 2.97. The molecule has 0 spiro atoms. The van der Waals surface area contributed by atoms with Gasteiger partial charge in [0.1, 0.15) is 11.5 Å². The Morgan fingerprint density at radius 1 is 1.09 bits per heavy atom. The molecule has 0 amide bonds. The quantitative estimate of drug-likeness (QED) is 0.194. The molecule has 168 valence electrons. The summed E-state index contributed by atoms with van der Waals surface area (Å²) in [5.74, 6) is 5.13. The first-order valence-electron chi connectivity index (χ1n) is 10.4.